The zero-order chi connectivity index (χ0) is 9.42. The van der Waals surface area contributed by atoms with Crippen molar-refractivity contribution in [3.8, 4) is 0 Å². The van der Waals surface area contributed by atoms with Gasteiger partial charge in [-0.1, -0.05) is 6.07 Å². The van der Waals surface area contributed by atoms with Crippen molar-refractivity contribution in [2.24, 2.45) is 0 Å². The lowest BCUT2D eigenvalue weighted by Crippen LogP contribution is -1.87. The third-order valence-electron chi connectivity index (χ3n) is 2.22. The number of hydrogen-bond acceptors (Lipinski definition) is 3. The van der Waals surface area contributed by atoms with E-state index in [1.165, 1.54) is 20.5 Å². The highest BCUT2D eigenvalue weighted by atomic mass is 32.2. The quantitative estimate of drug-likeness (QED) is 0.574. The van der Waals surface area contributed by atoms with Crippen LogP contribution in [-0.4, -0.2) is 6.26 Å². The average molecular weight is 209 g/mol. The Morgan fingerprint density at radius 3 is 2.85 bits per heavy atom. The van der Waals surface area contributed by atoms with Gasteiger partial charge in [0.1, 0.15) is 0 Å². The number of hydrogen-bond donors (Lipinski definition) is 1. The Balaban J connectivity index is 2.81. The predicted octanol–water partition coefficient (Wildman–Crippen LogP) is 3.51. The summed E-state index contributed by atoms with van der Waals surface area (Å²) in [6.07, 6.45) is 2.10. The highest BCUT2D eigenvalue weighted by Gasteiger charge is 2.06. The maximum Gasteiger partial charge on any atom is 0.0404 e. The molecule has 0 aliphatic carbocycles. The van der Waals surface area contributed by atoms with E-state index in [1.54, 1.807) is 23.1 Å². The molecule has 0 amide bonds. The van der Waals surface area contributed by atoms with Crippen LogP contribution in [0, 0.1) is 6.92 Å². The van der Waals surface area contributed by atoms with Gasteiger partial charge in [-0.05, 0) is 24.8 Å². The predicted molar refractivity (Wildman–Crippen MR) is 62.8 cm³/mol. The van der Waals surface area contributed by atoms with Crippen molar-refractivity contribution in [2.45, 2.75) is 11.8 Å². The zero-order valence-corrected chi connectivity index (χ0v) is 9.26. The molecule has 0 fully saturated rings. The second-order valence-electron chi connectivity index (χ2n) is 2.96. The molecular weight excluding hydrogens is 198 g/mol. The van der Waals surface area contributed by atoms with Crippen molar-refractivity contribution < 1.29 is 0 Å². The fourth-order valence-corrected chi connectivity index (χ4v) is 3.32. The van der Waals surface area contributed by atoms with Gasteiger partial charge in [0.15, 0.2) is 0 Å². The maximum atomic E-state index is 5.84. The lowest BCUT2D eigenvalue weighted by Gasteiger charge is -2.01. The van der Waals surface area contributed by atoms with E-state index in [4.69, 9.17) is 5.73 Å². The lowest BCUT2D eigenvalue weighted by molar-refractivity contribution is 1.54. The number of aryl methyl sites for hydroxylation is 1. The summed E-state index contributed by atoms with van der Waals surface area (Å²) in [4.78, 5) is 1.35. The minimum absolute atomic E-state index is 0.891. The van der Waals surface area contributed by atoms with E-state index in [2.05, 4.69) is 24.6 Å². The first kappa shape index (κ1) is 8.91. The number of nitrogens with two attached hydrogens (primary N) is 1. The number of nitrogen functional groups attached to an aromatic ring is 1. The fourth-order valence-electron chi connectivity index (χ4n) is 1.39. The molecule has 1 nitrogen and oxygen atoms in total. The molecule has 0 unspecified atom stereocenters. The highest BCUT2D eigenvalue weighted by molar-refractivity contribution is 7.99. The van der Waals surface area contributed by atoms with Crippen molar-refractivity contribution in [2.75, 3.05) is 12.0 Å². The van der Waals surface area contributed by atoms with Gasteiger partial charge in [-0.2, -0.15) is 0 Å². The normalized spacial score (nSPS) is 10.9. The first-order valence-corrected chi connectivity index (χ1v) is 6.14. The van der Waals surface area contributed by atoms with Crippen LogP contribution in [0.25, 0.3) is 10.1 Å². The number of benzene rings is 1. The van der Waals surface area contributed by atoms with E-state index in [0.29, 0.717) is 0 Å². The number of anilines is 1. The number of thioether (sulfide) groups is 1. The molecule has 0 bridgehead atoms. The molecule has 0 aliphatic rings. The molecule has 0 radical (unpaired) electrons. The van der Waals surface area contributed by atoms with Crippen molar-refractivity contribution in [1.82, 2.24) is 0 Å². The Bertz CT molecular complexity index is 445. The van der Waals surface area contributed by atoms with Crippen LogP contribution >= 0.6 is 23.1 Å². The molecule has 0 aliphatic heterocycles. The lowest BCUT2D eigenvalue weighted by atomic mass is 10.1. The Morgan fingerprint density at radius 2 is 2.15 bits per heavy atom. The van der Waals surface area contributed by atoms with Gasteiger partial charge >= 0.3 is 0 Å². The standard InChI is InChI=1S/C10H11NS2/c1-6-8(11)4-3-7-9(12-2)5-13-10(6)7/h3-5H,11H2,1-2H3. The smallest absolute Gasteiger partial charge is 0.0404 e. The average Bonchev–Trinajstić information content (AvgIpc) is 2.55. The van der Waals surface area contributed by atoms with E-state index in [-0.39, 0.29) is 0 Å². The Morgan fingerprint density at radius 1 is 1.38 bits per heavy atom. The molecule has 13 heavy (non-hydrogen) atoms. The van der Waals surface area contributed by atoms with Gasteiger partial charge in [0.05, 0.1) is 0 Å². The summed E-state index contributed by atoms with van der Waals surface area (Å²) < 4.78 is 1.32. The van der Waals surface area contributed by atoms with E-state index in [0.717, 1.165) is 5.69 Å². The van der Waals surface area contributed by atoms with Gasteiger partial charge in [-0.25, -0.2) is 0 Å². The molecule has 2 N–H and O–H groups in total. The molecular formula is C10H11NS2. The summed E-state index contributed by atoms with van der Waals surface area (Å²) in [6, 6.07) is 4.10. The van der Waals surface area contributed by atoms with Crippen molar-refractivity contribution >= 4 is 38.9 Å². The van der Waals surface area contributed by atoms with Crippen LogP contribution in [-0.2, 0) is 0 Å². The summed E-state index contributed by atoms with van der Waals surface area (Å²) in [6.45, 7) is 2.08. The third-order valence-corrected chi connectivity index (χ3v) is 4.26. The van der Waals surface area contributed by atoms with E-state index in [1.807, 2.05) is 6.07 Å². The molecule has 2 rings (SSSR count). The molecule has 0 spiro atoms. The molecule has 0 saturated heterocycles. The summed E-state index contributed by atoms with van der Waals surface area (Å²) >= 11 is 3.57. The third kappa shape index (κ3) is 1.32. The first-order chi connectivity index (χ1) is 6.24. The monoisotopic (exact) mass is 209 g/mol. The molecule has 1 aromatic carbocycles. The molecule has 1 aromatic heterocycles. The van der Waals surface area contributed by atoms with Crippen molar-refractivity contribution in [3.05, 3.63) is 23.1 Å². The van der Waals surface area contributed by atoms with Gasteiger partial charge in [-0.3, -0.25) is 0 Å². The molecule has 0 saturated carbocycles. The Kier molecular flexibility index (Phi) is 2.22. The van der Waals surface area contributed by atoms with Gasteiger partial charge < -0.3 is 5.73 Å². The summed E-state index contributed by atoms with van der Waals surface area (Å²) in [5, 5.41) is 3.53. The number of fused-ring (bicyclic) bond motifs is 1. The largest absolute Gasteiger partial charge is 0.398 e. The molecule has 2 aromatic rings. The van der Waals surface area contributed by atoms with Crippen LogP contribution in [0.3, 0.4) is 0 Å². The van der Waals surface area contributed by atoms with Gasteiger partial charge in [0, 0.05) is 26.0 Å². The van der Waals surface area contributed by atoms with Crippen LogP contribution in [0.2, 0.25) is 0 Å². The van der Waals surface area contributed by atoms with Gasteiger partial charge in [0.2, 0.25) is 0 Å². The Labute approximate surface area is 85.9 Å². The molecule has 68 valence electrons. The van der Waals surface area contributed by atoms with Crippen LogP contribution < -0.4 is 5.73 Å². The summed E-state index contributed by atoms with van der Waals surface area (Å²) in [7, 11) is 0. The minimum atomic E-state index is 0.891. The van der Waals surface area contributed by atoms with E-state index < -0.39 is 0 Å². The fraction of sp³-hybridized carbons (Fsp3) is 0.200. The second kappa shape index (κ2) is 3.24. The summed E-state index contributed by atoms with van der Waals surface area (Å²) in [5.41, 5.74) is 7.94. The maximum absolute atomic E-state index is 5.84. The minimum Gasteiger partial charge on any atom is -0.398 e. The molecule has 1 heterocycles. The number of thiophene rings is 1. The van der Waals surface area contributed by atoms with Crippen LogP contribution in [0.1, 0.15) is 5.56 Å². The van der Waals surface area contributed by atoms with Gasteiger partial charge in [0.25, 0.3) is 0 Å². The van der Waals surface area contributed by atoms with Crippen molar-refractivity contribution in [3.63, 3.8) is 0 Å². The highest BCUT2D eigenvalue weighted by Crippen LogP contribution is 2.35. The summed E-state index contributed by atoms with van der Waals surface area (Å²) in [5.74, 6) is 0. The number of rotatable bonds is 1. The van der Waals surface area contributed by atoms with Crippen LogP contribution in [0.5, 0.6) is 0 Å². The van der Waals surface area contributed by atoms with Crippen molar-refractivity contribution in [1.29, 1.82) is 0 Å². The van der Waals surface area contributed by atoms with Crippen LogP contribution in [0.15, 0.2) is 22.4 Å². The molecule has 0 atom stereocenters. The SMILES string of the molecule is CSc1csc2c(C)c(N)ccc12. The molecule has 3 heteroatoms. The van der Waals surface area contributed by atoms with Gasteiger partial charge in [-0.15, -0.1) is 23.1 Å². The van der Waals surface area contributed by atoms with E-state index >= 15 is 0 Å². The first-order valence-electron chi connectivity index (χ1n) is 4.04. The van der Waals surface area contributed by atoms with Crippen LogP contribution in [0.4, 0.5) is 5.69 Å². The topological polar surface area (TPSA) is 26.0 Å². The Hall–Kier alpha value is -0.670. The van der Waals surface area contributed by atoms with E-state index in [9.17, 15) is 0 Å². The second-order valence-corrected chi connectivity index (χ2v) is 4.69. The zero-order valence-electron chi connectivity index (χ0n) is 7.63.